The van der Waals surface area contributed by atoms with E-state index in [9.17, 15) is 78.9 Å². The van der Waals surface area contributed by atoms with Crippen LogP contribution in [0.5, 0.6) is 0 Å². The SMILES string of the molecule is CC(C)(C)CN1CCN(CC(=O)O)CCN(CC(=O)O)CC1.CC(C)(C)c1ccc(CC2CN(CC(=O)O)CCN(CC(=O)O)CCN(CC(=O)O)CCN2CC(=O)O)cc1.CC(C)(C)c1ccc(CC2CN(CC(=O)O)CCN(CC(=O)O)CCN2CC(=O)O)cc1. The molecule has 524 valence electrons. The summed E-state index contributed by atoms with van der Waals surface area (Å²) in [5.41, 5.74) is 4.53. The van der Waals surface area contributed by atoms with E-state index in [4.69, 9.17) is 10.2 Å². The summed E-state index contributed by atoms with van der Waals surface area (Å²) >= 11 is 0. The second kappa shape index (κ2) is 39.2. The molecule has 0 saturated carbocycles. The minimum atomic E-state index is -1.03. The van der Waals surface area contributed by atoms with E-state index in [-0.39, 0.29) is 133 Å². The lowest BCUT2D eigenvalue weighted by Crippen LogP contribution is -2.53. The molecule has 2 aromatic carbocycles. The van der Waals surface area contributed by atoms with Gasteiger partial charge in [-0.15, -0.1) is 0 Å². The van der Waals surface area contributed by atoms with Gasteiger partial charge in [0.2, 0.25) is 0 Å². The number of benzene rings is 2. The normalized spacial score (nSPS) is 19.8. The Balaban J connectivity index is 0.000000378. The molecule has 0 spiro atoms. The van der Waals surface area contributed by atoms with Crippen LogP contribution in [0.4, 0.5) is 0 Å². The Hall–Kier alpha value is -6.73. The highest BCUT2D eigenvalue weighted by Gasteiger charge is 2.31. The van der Waals surface area contributed by atoms with Crippen molar-refractivity contribution < 1.29 is 89.1 Å². The number of aliphatic carboxylic acids is 9. The van der Waals surface area contributed by atoms with Crippen LogP contribution >= 0.6 is 0 Å². The van der Waals surface area contributed by atoms with Crippen LogP contribution in [0.25, 0.3) is 0 Å². The average molecular weight is 1320 g/mol. The number of rotatable bonds is 23. The van der Waals surface area contributed by atoms with E-state index in [2.05, 4.69) is 79.3 Å². The predicted octanol–water partition coefficient (Wildman–Crippen LogP) is 1.65. The maximum atomic E-state index is 11.8. The molecule has 3 aliphatic rings. The van der Waals surface area contributed by atoms with Gasteiger partial charge in [0, 0.05) is 136 Å². The highest BCUT2D eigenvalue weighted by atomic mass is 16.4. The summed E-state index contributed by atoms with van der Waals surface area (Å²) in [6, 6.07) is 15.8. The van der Waals surface area contributed by atoms with Gasteiger partial charge in [-0.25, -0.2) is 0 Å². The molecule has 28 nitrogen and oxygen atoms in total. The Bertz CT molecular complexity index is 2670. The minimum absolute atomic E-state index is 0.00424. The molecule has 0 bridgehead atoms. The van der Waals surface area contributed by atoms with Gasteiger partial charge in [0.05, 0.1) is 58.9 Å². The quantitative estimate of drug-likeness (QED) is 0.0764. The van der Waals surface area contributed by atoms with Crippen molar-refractivity contribution in [3.63, 3.8) is 0 Å². The van der Waals surface area contributed by atoms with Crippen molar-refractivity contribution in [1.82, 2.24) is 49.0 Å². The lowest BCUT2D eigenvalue weighted by atomic mass is 9.86. The number of carboxylic acids is 9. The first-order valence-corrected chi connectivity index (χ1v) is 31.7. The molecule has 5 rings (SSSR count). The monoisotopic (exact) mass is 1310 g/mol. The molecular formula is C65H106N10O18. The fourth-order valence-electron chi connectivity index (χ4n) is 11.5. The van der Waals surface area contributed by atoms with Crippen molar-refractivity contribution in [2.24, 2.45) is 5.41 Å². The third-order valence-corrected chi connectivity index (χ3v) is 16.2. The first kappa shape index (κ1) is 80.5. The zero-order valence-electron chi connectivity index (χ0n) is 56.2. The van der Waals surface area contributed by atoms with Crippen LogP contribution in [0.3, 0.4) is 0 Å². The number of hydrogen-bond donors (Lipinski definition) is 9. The molecule has 0 radical (unpaired) electrons. The molecule has 3 heterocycles. The summed E-state index contributed by atoms with van der Waals surface area (Å²) in [5.74, 6) is -8.69. The lowest BCUT2D eigenvalue weighted by molar-refractivity contribution is -0.142. The summed E-state index contributed by atoms with van der Waals surface area (Å²) < 4.78 is 0. The average Bonchev–Trinajstić information content (AvgIpc) is 1.41. The molecule has 3 fully saturated rings. The van der Waals surface area contributed by atoms with Crippen LogP contribution in [0, 0.1) is 5.41 Å². The maximum absolute atomic E-state index is 11.8. The van der Waals surface area contributed by atoms with Gasteiger partial charge in [-0.1, -0.05) is 111 Å². The Morgan fingerprint density at radius 2 is 0.505 bits per heavy atom. The first-order valence-electron chi connectivity index (χ1n) is 31.7. The molecule has 0 aliphatic carbocycles. The highest BCUT2D eigenvalue weighted by molar-refractivity contribution is 5.72. The van der Waals surface area contributed by atoms with E-state index >= 15 is 0 Å². The zero-order chi connectivity index (χ0) is 69.8. The van der Waals surface area contributed by atoms with Crippen LogP contribution in [0.15, 0.2) is 48.5 Å². The zero-order valence-corrected chi connectivity index (χ0v) is 56.2. The van der Waals surface area contributed by atoms with Crippen molar-refractivity contribution in [3.8, 4) is 0 Å². The van der Waals surface area contributed by atoms with Gasteiger partial charge in [-0.05, 0) is 51.3 Å². The number of nitrogens with zero attached hydrogens (tertiary/aromatic N) is 10. The molecule has 3 aliphatic heterocycles. The molecular weight excluding hydrogens is 1210 g/mol. The van der Waals surface area contributed by atoms with E-state index in [1.807, 2.05) is 51.1 Å². The highest BCUT2D eigenvalue weighted by Crippen LogP contribution is 2.25. The van der Waals surface area contributed by atoms with Gasteiger partial charge >= 0.3 is 53.7 Å². The fraction of sp³-hybridized carbons (Fsp3) is 0.677. The molecule has 0 amide bonds. The number of carbonyl (C=O) groups is 9. The molecule has 2 unspecified atom stereocenters. The molecule has 93 heavy (non-hydrogen) atoms. The molecule has 28 heteroatoms. The Labute approximate surface area is 547 Å². The molecule has 0 aromatic heterocycles. The van der Waals surface area contributed by atoms with Crippen molar-refractivity contribution in [1.29, 1.82) is 0 Å². The third kappa shape index (κ3) is 34.8. The number of hydrogen-bond acceptors (Lipinski definition) is 19. The third-order valence-electron chi connectivity index (χ3n) is 16.2. The van der Waals surface area contributed by atoms with Crippen molar-refractivity contribution in [2.45, 2.75) is 98.1 Å². The summed E-state index contributed by atoms with van der Waals surface area (Å²) in [6.07, 6.45) is 1.04. The van der Waals surface area contributed by atoms with Gasteiger partial charge in [-0.2, -0.15) is 0 Å². The van der Waals surface area contributed by atoms with Gasteiger partial charge in [0.25, 0.3) is 0 Å². The van der Waals surface area contributed by atoms with Gasteiger partial charge in [0.1, 0.15) is 0 Å². The standard InChI is InChI=1S/C27H42N4O8.C23H35N3O6.C15H29N3O4/c1-27(2,3)21-6-4-20(5-7-21)14-22-15-30(18-25(36)37)11-10-28(16-23(32)33)8-9-29(17-24(34)35)12-13-31(22)19-26(38)39;1-23(2,3)18-6-4-17(5-7-18)12-19-13-25(15-21(29)30)9-8-24(14-20(27)28)10-11-26(19)16-22(31)32;1-15(2,3)12-18-8-6-16(10-13(19)20)4-5-17(7-9-18)11-14(21)22/h4-7,22H,8-19H2,1-3H3,(H,32,33)(H,34,35)(H,36,37)(H,38,39);4-7,19H,8-16H2,1-3H3,(H,27,28)(H,29,30)(H,31,32);4-12H2,1-3H3,(H,19,20)(H,21,22). The van der Waals surface area contributed by atoms with E-state index in [1.54, 1.807) is 29.4 Å². The Morgan fingerprint density at radius 3 is 0.720 bits per heavy atom. The van der Waals surface area contributed by atoms with Crippen LogP contribution in [-0.2, 0) is 66.8 Å². The van der Waals surface area contributed by atoms with E-state index in [0.717, 1.165) is 36.3 Å². The summed E-state index contributed by atoms with van der Waals surface area (Å²) in [6.45, 7) is 26.6. The first-order chi connectivity index (χ1) is 43.3. The fourth-order valence-corrected chi connectivity index (χ4v) is 11.5. The topological polar surface area (TPSA) is 368 Å². The Kier molecular flexibility index (Phi) is 33.9. The van der Waals surface area contributed by atoms with Crippen LogP contribution < -0.4 is 0 Å². The lowest BCUT2D eigenvalue weighted by Gasteiger charge is -2.37. The number of carboxylic acid groups (broad SMARTS) is 9. The van der Waals surface area contributed by atoms with E-state index in [1.165, 1.54) is 5.56 Å². The van der Waals surface area contributed by atoms with Gasteiger partial charge in [0.15, 0.2) is 0 Å². The van der Waals surface area contributed by atoms with Crippen molar-refractivity contribution in [2.75, 3.05) is 183 Å². The van der Waals surface area contributed by atoms with Crippen LogP contribution in [0.2, 0.25) is 0 Å². The smallest absolute Gasteiger partial charge is 0.317 e. The van der Waals surface area contributed by atoms with Crippen molar-refractivity contribution in [3.05, 3.63) is 70.8 Å². The Morgan fingerprint density at radius 1 is 0.301 bits per heavy atom. The molecule has 2 aromatic rings. The maximum Gasteiger partial charge on any atom is 0.317 e. The van der Waals surface area contributed by atoms with E-state index < -0.39 is 53.7 Å². The van der Waals surface area contributed by atoms with Crippen molar-refractivity contribution >= 4 is 53.7 Å². The summed E-state index contributed by atoms with van der Waals surface area (Å²) in [5, 5.41) is 84.0. The second-order valence-corrected chi connectivity index (χ2v) is 27.8. The predicted molar refractivity (Wildman–Crippen MR) is 348 cm³/mol. The summed E-state index contributed by atoms with van der Waals surface area (Å²) in [7, 11) is 0. The molecule has 3 saturated heterocycles. The molecule has 9 N–H and O–H groups in total. The second-order valence-electron chi connectivity index (χ2n) is 27.8. The summed E-state index contributed by atoms with van der Waals surface area (Å²) in [4.78, 5) is 121. The van der Waals surface area contributed by atoms with Gasteiger partial charge < -0.3 is 50.9 Å². The largest absolute Gasteiger partial charge is 0.480 e. The van der Waals surface area contributed by atoms with Gasteiger partial charge in [-0.3, -0.25) is 87.3 Å². The van der Waals surface area contributed by atoms with E-state index in [0.29, 0.717) is 71.7 Å². The van der Waals surface area contributed by atoms with Crippen LogP contribution in [-0.4, -0.2) is 344 Å². The minimum Gasteiger partial charge on any atom is -0.480 e. The molecule has 2 atom stereocenters. The van der Waals surface area contributed by atoms with Crippen LogP contribution in [0.1, 0.15) is 84.6 Å².